The normalized spacial score (nSPS) is 19.2. The predicted molar refractivity (Wildman–Crippen MR) is 48.9 cm³/mol. The third-order valence-electron chi connectivity index (χ3n) is 2.58. The van der Waals surface area contributed by atoms with E-state index < -0.39 is 0 Å². The molecular weight excluding hydrogens is 148 g/mol. The van der Waals surface area contributed by atoms with Gasteiger partial charge in [-0.2, -0.15) is 0 Å². The van der Waals surface area contributed by atoms with Crippen LogP contribution in [0.5, 0.6) is 0 Å². The summed E-state index contributed by atoms with van der Waals surface area (Å²) in [6, 6.07) is 8.09. The number of hydrogen-bond donors (Lipinski definition) is 1. The van der Waals surface area contributed by atoms with Crippen molar-refractivity contribution in [1.29, 1.82) is 0 Å². The van der Waals surface area contributed by atoms with Gasteiger partial charge in [-0.25, -0.2) is 0 Å². The smallest absolute Gasteiger partial charge is 0.0820 e. The van der Waals surface area contributed by atoms with Crippen molar-refractivity contribution in [3.8, 4) is 0 Å². The van der Waals surface area contributed by atoms with Crippen LogP contribution in [0.25, 0.3) is 0 Å². The molecule has 12 heavy (non-hydrogen) atoms. The number of aliphatic hydroxyl groups is 1. The Morgan fingerprint density at radius 3 is 2.58 bits per heavy atom. The van der Waals surface area contributed by atoms with Crippen LogP contribution in [0.3, 0.4) is 0 Å². The fourth-order valence-corrected chi connectivity index (χ4v) is 1.58. The van der Waals surface area contributed by atoms with E-state index in [0.29, 0.717) is 5.92 Å². The van der Waals surface area contributed by atoms with Gasteiger partial charge in [-0.05, 0) is 36.8 Å². The highest BCUT2D eigenvalue weighted by atomic mass is 16.3. The summed E-state index contributed by atoms with van der Waals surface area (Å²) in [4.78, 5) is 0. The topological polar surface area (TPSA) is 20.2 Å². The molecule has 1 aromatic carbocycles. The van der Waals surface area contributed by atoms with Crippen molar-refractivity contribution in [2.24, 2.45) is 5.92 Å². The summed E-state index contributed by atoms with van der Waals surface area (Å²) in [7, 11) is 0. The van der Waals surface area contributed by atoms with E-state index in [-0.39, 0.29) is 6.10 Å². The molecule has 0 radical (unpaired) electrons. The zero-order valence-electron chi connectivity index (χ0n) is 7.33. The average Bonchev–Trinajstić information content (AvgIpc) is 2.86. The first-order valence-electron chi connectivity index (χ1n) is 4.52. The van der Waals surface area contributed by atoms with Gasteiger partial charge in [0.25, 0.3) is 0 Å². The van der Waals surface area contributed by atoms with E-state index in [2.05, 4.69) is 13.0 Å². The lowest BCUT2D eigenvalue weighted by atomic mass is 10.0. The van der Waals surface area contributed by atoms with Gasteiger partial charge in [-0.1, -0.05) is 24.3 Å². The molecule has 1 aliphatic carbocycles. The Morgan fingerprint density at radius 1 is 1.33 bits per heavy atom. The van der Waals surface area contributed by atoms with E-state index in [4.69, 9.17) is 0 Å². The summed E-state index contributed by atoms with van der Waals surface area (Å²) in [5.41, 5.74) is 2.32. The van der Waals surface area contributed by atoms with Crippen LogP contribution in [-0.2, 0) is 0 Å². The van der Waals surface area contributed by atoms with Gasteiger partial charge in [0.1, 0.15) is 0 Å². The van der Waals surface area contributed by atoms with E-state index >= 15 is 0 Å². The second-order valence-electron chi connectivity index (χ2n) is 3.64. The molecule has 0 spiro atoms. The van der Waals surface area contributed by atoms with Crippen molar-refractivity contribution in [3.63, 3.8) is 0 Å². The van der Waals surface area contributed by atoms with Crippen LogP contribution in [0.1, 0.15) is 30.1 Å². The Balaban J connectivity index is 2.25. The summed E-state index contributed by atoms with van der Waals surface area (Å²) < 4.78 is 0. The number of aryl methyl sites for hydroxylation is 1. The SMILES string of the molecule is Cc1ccccc1C(O)C1CC1. The Hall–Kier alpha value is -0.820. The van der Waals surface area contributed by atoms with Crippen LogP contribution < -0.4 is 0 Å². The molecule has 0 aliphatic heterocycles. The minimum absolute atomic E-state index is 0.216. The van der Waals surface area contributed by atoms with Gasteiger partial charge in [0.2, 0.25) is 0 Å². The van der Waals surface area contributed by atoms with Crippen molar-refractivity contribution < 1.29 is 5.11 Å². The van der Waals surface area contributed by atoms with Crippen LogP contribution in [0.4, 0.5) is 0 Å². The summed E-state index contributed by atoms with van der Waals surface area (Å²) >= 11 is 0. The Labute approximate surface area is 73.0 Å². The molecule has 0 aromatic heterocycles. The molecule has 2 rings (SSSR count). The van der Waals surface area contributed by atoms with E-state index in [1.54, 1.807) is 0 Å². The first-order chi connectivity index (χ1) is 5.79. The standard InChI is InChI=1S/C11H14O/c1-8-4-2-3-5-10(8)11(12)9-6-7-9/h2-5,9,11-12H,6-7H2,1H3. The van der Waals surface area contributed by atoms with Gasteiger partial charge in [-0.3, -0.25) is 0 Å². The van der Waals surface area contributed by atoms with Crippen LogP contribution in [0.15, 0.2) is 24.3 Å². The summed E-state index contributed by atoms with van der Waals surface area (Å²) in [6.45, 7) is 2.06. The molecule has 0 amide bonds. The maximum atomic E-state index is 9.84. The number of benzene rings is 1. The molecule has 0 bridgehead atoms. The molecule has 1 unspecified atom stereocenters. The first kappa shape index (κ1) is 7.81. The largest absolute Gasteiger partial charge is 0.388 e. The predicted octanol–water partition coefficient (Wildman–Crippen LogP) is 2.44. The van der Waals surface area contributed by atoms with Crippen molar-refractivity contribution in [2.45, 2.75) is 25.9 Å². The molecule has 0 saturated heterocycles. The molecule has 1 aliphatic rings. The van der Waals surface area contributed by atoms with Gasteiger partial charge in [0.05, 0.1) is 6.10 Å². The summed E-state index contributed by atoms with van der Waals surface area (Å²) in [5.74, 6) is 0.533. The van der Waals surface area contributed by atoms with Crippen LogP contribution >= 0.6 is 0 Å². The number of hydrogen-bond acceptors (Lipinski definition) is 1. The molecule has 1 atom stereocenters. The lowest BCUT2D eigenvalue weighted by Crippen LogP contribution is -2.01. The second kappa shape index (κ2) is 2.91. The molecular formula is C11H14O. The third-order valence-corrected chi connectivity index (χ3v) is 2.58. The van der Waals surface area contributed by atoms with E-state index in [1.807, 2.05) is 18.2 Å². The lowest BCUT2D eigenvalue weighted by molar-refractivity contribution is 0.153. The third kappa shape index (κ3) is 1.37. The zero-order valence-corrected chi connectivity index (χ0v) is 7.33. The Bertz CT molecular complexity index is 276. The van der Waals surface area contributed by atoms with Crippen molar-refractivity contribution in [2.75, 3.05) is 0 Å². The number of aliphatic hydroxyl groups excluding tert-OH is 1. The van der Waals surface area contributed by atoms with Crippen molar-refractivity contribution in [1.82, 2.24) is 0 Å². The summed E-state index contributed by atoms with van der Waals surface area (Å²) in [6.07, 6.45) is 2.16. The van der Waals surface area contributed by atoms with E-state index in [9.17, 15) is 5.11 Å². The van der Waals surface area contributed by atoms with Crippen LogP contribution in [0.2, 0.25) is 0 Å². The molecule has 1 fully saturated rings. The molecule has 1 N–H and O–H groups in total. The molecule has 1 saturated carbocycles. The fraction of sp³-hybridized carbons (Fsp3) is 0.455. The maximum Gasteiger partial charge on any atom is 0.0820 e. The Kier molecular flexibility index (Phi) is 1.89. The van der Waals surface area contributed by atoms with Gasteiger partial charge in [0.15, 0.2) is 0 Å². The molecule has 1 heteroatoms. The highest BCUT2D eigenvalue weighted by Crippen LogP contribution is 2.41. The van der Waals surface area contributed by atoms with Gasteiger partial charge in [0, 0.05) is 0 Å². The zero-order chi connectivity index (χ0) is 8.55. The molecule has 1 nitrogen and oxygen atoms in total. The highest BCUT2D eigenvalue weighted by molar-refractivity contribution is 5.28. The fourth-order valence-electron chi connectivity index (χ4n) is 1.58. The van der Waals surface area contributed by atoms with Crippen LogP contribution in [0, 0.1) is 12.8 Å². The maximum absolute atomic E-state index is 9.84. The van der Waals surface area contributed by atoms with Gasteiger partial charge >= 0.3 is 0 Å². The van der Waals surface area contributed by atoms with Crippen molar-refractivity contribution in [3.05, 3.63) is 35.4 Å². The first-order valence-corrected chi connectivity index (χ1v) is 4.52. The average molecular weight is 162 g/mol. The minimum atomic E-state index is -0.216. The van der Waals surface area contributed by atoms with E-state index in [0.717, 1.165) is 5.56 Å². The van der Waals surface area contributed by atoms with Gasteiger partial charge < -0.3 is 5.11 Å². The second-order valence-corrected chi connectivity index (χ2v) is 3.64. The van der Waals surface area contributed by atoms with Crippen molar-refractivity contribution >= 4 is 0 Å². The molecule has 1 aromatic rings. The molecule has 0 heterocycles. The molecule has 64 valence electrons. The number of rotatable bonds is 2. The lowest BCUT2D eigenvalue weighted by Gasteiger charge is -2.11. The van der Waals surface area contributed by atoms with Crippen LogP contribution in [-0.4, -0.2) is 5.11 Å². The highest BCUT2D eigenvalue weighted by Gasteiger charge is 2.31. The van der Waals surface area contributed by atoms with Gasteiger partial charge in [-0.15, -0.1) is 0 Å². The quantitative estimate of drug-likeness (QED) is 0.708. The van der Waals surface area contributed by atoms with E-state index in [1.165, 1.54) is 18.4 Å². The Morgan fingerprint density at radius 2 is 2.00 bits per heavy atom. The summed E-state index contributed by atoms with van der Waals surface area (Å²) in [5, 5.41) is 9.84. The monoisotopic (exact) mass is 162 g/mol. The minimum Gasteiger partial charge on any atom is -0.388 e.